The summed E-state index contributed by atoms with van der Waals surface area (Å²) in [5.41, 5.74) is 26.8. The zero-order valence-electron chi connectivity index (χ0n) is 50.7. The van der Waals surface area contributed by atoms with Crippen LogP contribution in [0.15, 0.2) is 96.4 Å². The number of rotatable bonds is 34. The summed E-state index contributed by atoms with van der Waals surface area (Å²) < 4.78 is 0. The summed E-state index contributed by atoms with van der Waals surface area (Å²) in [6.07, 6.45) is 6.63. The number of carboxylic acid groups (broad SMARTS) is 1. The van der Waals surface area contributed by atoms with E-state index in [9.17, 15) is 48.3 Å². The van der Waals surface area contributed by atoms with E-state index in [4.69, 9.17) is 22.9 Å². The standard InChI is InChI=1S/C62H86N16O10/c1-33(2)51(76-56(82)47(26-36-29-68-43-20-10-7-16-39(36)43)72-50(79)32-71-54(80)42(64)19-15-25-67-62(65)66)58(84)75-49(28-38-31-70-45-22-12-9-18-41(38)45)57(83)77-53(35(5)6)60(86)78-52(34(3)4)59(85)74-48(27-37-30-69-44-21-11-8-17-40(37)44)55(81)73-46(61(87)88)23-13-14-24-63/h7-12,16-18,20-22,29-31,33-35,42,46-49,51-53,68-70H,13-15,19,23-28,32,63-64H2,1-6H3,(H,71,80)(H,72,79)(H,73,81)(H,74,85)(H,75,84)(H,76,82)(H,77,83)(H,78,86)(H,87,88)(H4,65,66,67)/t42-,46-,47-,48-,49-,51-,52-,53-/m0/s1. The summed E-state index contributed by atoms with van der Waals surface area (Å²) in [6, 6.07) is 12.0. The third-order valence-electron chi connectivity index (χ3n) is 15.2. The highest BCUT2D eigenvalue weighted by atomic mass is 16.4. The average molecular weight is 1220 g/mol. The summed E-state index contributed by atoms with van der Waals surface area (Å²) in [6.45, 7) is 10.2. The summed E-state index contributed by atoms with van der Waals surface area (Å²) in [5.74, 6) is -9.02. The van der Waals surface area contributed by atoms with E-state index >= 15 is 0 Å². The molecule has 26 heteroatoms. The van der Waals surface area contributed by atoms with Gasteiger partial charge < -0.3 is 85.5 Å². The largest absolute Gasteiger partial charge is 0.480 e. The number of nitrogens with zero attached hydrogens (tertiary/aromatic N) is 1. The van der Waals surface area contributed by atoms with Crippen molar-refractivity contribution in [1.29, 1.82) is 0 Å². The zero-order chi connectivity index (χ0) is 64.2. The number of aromatic amines is 3. The van der Waals surface area contributed by atoms with Crippen LogP contribution >= 0.6 is 0 Å². The molecule has 0 aliphatic rings. The molecule has 0 bridgehead atoms. The highest BCUT2D eigenvalue weighted by Crippen LogP contribution is 2.23. The predicted octanol–water partition coefficient (Wildman–Crippen LogP) is 1.23. The zero-order valence-corrected chi connectivity index (χ0v) is 50.7. The lowest BCUT2D eigenvalue weighted by atomic mass is 9.97. The fourth-order valence-corrected chi connectivity index (χ4v) is 10.3. The number of benzene rings is 3. The van der Waals surface area contributed by atoms with Crippen molar-refractivity contribution in [2.24, 2.45) is 45.7 Å². The minimum Gasteiger partial charge on any atom is -0.480 e. The van der Waals surface area contributed by atoms with E-state index in [1.807, 2.05) is 72.8 Å². The van der Waals surface area contributed by atoms with E-state index in [0.29, 0.717) is 42.5 Å². The molecule has 0 aliphatic heterocycles. The van der Waals surface area contributed by atoms with Crippen LogP contribution in [0.25, 0.3) is 32.7 Å². The van der Waals surface area contributed by atoms with Gasteiger partial charge in [0, 0.05) is 77.1 Å². The Morgan fingerprint density at radius 2 is 0.852 bits per heavy atom. The van der Waals surface area contributed by atoms with E-state index in [-0.39, 0.29) is 44.6 Å². The van der Waals surface area contributed by atoms with E-state index in [0.717, 1.165) is 32.7 Å². The van der Waals surface area contributed by atoms with Crippen molar-refractivity contribution in [3.05, 3.63) is 108 Å². The van der Waals surface area contributed by atoms with Crippen LogP contribution < -0.4 is 65.5 Å². The number of carbonyl (C=O) groups is 9. The van der Waals surface area contributed by atoms with E-state index in [1.54, 1.807) is 60.1 Å². The number of H-pyrrole nitrogens is 3. The van der Waals surface area contributed by atoms with Crippen molar-refractivity contribution in [1.82, 2.24) is 57.5 Å². The number of nitrogens with two attached hydrogens (primary N) is 4. The third kappa shape index (κ3) is 19.1. The summed E-state index contributed by atoms with van der Waals surface area (Å²) in [5, 5.41) is 34.2. The lowest BCUT2D eigenvalue weighted by molar-refractivity contribution is -0.142. The number of aliphatic imine (C=N–C) groups is 1. The van der Waals surface area contributed by atoms with E-state index < -0.39 is 126 Å². The van der Waals surface area contributed by atoms with Crippen LogP contribution in [0.2, 0.25) is 0 Å². The maximum Gasteiger partial charge on any atom is 0.326 e. The van der Waals surface area contributed by atoms with E-state index in [1.165, 1.54) is 0 Å². The van der Waals surface area contributed by atoms with Crippen molar-refractivity contribution in [2.45, 2.75) is 141 Å². The van der Waals surface area contributed by atoms with Crippen LogP contribution in [-0.4, -0.2) is 147 Å². The minimum atomic E-state index is -1.37. The summed E-state index contributed by atoms with van der Waals surface area (Å²) in [4.78, 5) is 140. The van der Waals surface area contributed by atoms with Crippen molar-refractivity contribution in [3.63, 3.8) is 0 Å². The quantitative estimate of drug-likeness (QED) is 0.0154. The molecule has 0 saturated carbocycles. The number of nitrogens with one attached hydrogen (secondary N) is 11. The molecular weight excluding hydrogens is 1130 g/mol. The summed E-state index contributed by atoms with van der Waals surface area (Å²) in [7, 11) is 0. The number of hydrogen-bond acceptors (Lipinski definition) is 12. The molecule has 0 spiro atoms. The second kappa shape index (κ2) is 32.4. The normalized spacial score (nSPS) is 14.2. The van der Waals surface area contributed by atoms with Gasteiger partial charge in [0.15, 0.2) is 5.96 Å². The van der Waals surface area contributed by atoms with E-state index in [2.05, 4.69) is 62.5 Å². The van der Waals surface area contributed by atoms with Gasteiger partial charge >= 0.3 is 5.97 Å². The van der Waals surface area contributed by atoms with Gasteiger partial charge in [0.25, 0.3) is 0 Å². The van der Waals surface area contributed by atoms with Gasteiger partial charge in [-0.1, -0.05) is 96.1 Å². The lowest BCUT2D eigenvalue weighted by Crippen LogP contribution is -2.62. The molecular formula is C62H86N16O10. The molecule has 6 rings (SSSR count). The predicted molar refractivity (Wildman–Crippen MR) is 335 cm³/mol. The number of aliphatic carboxylic acids is 1. The number of para-hydroxylation sites is 3. The molecule has 0 fully saturated rings. The number of carbonyl (C=O) groups excluding carboxylic acids is 8. The number of guanidine groups is 1. The van der Waals surface area contributed by atoms with Gasteiger partial charge in [0.2, 0.25) is 47.3 Å². The fourth-order valence-electron chi connectivity index (χ4n) is 10.3. The molecule has 0 radical (unpaired) electrons. The molecule has 26 nitrogen and oxygen atoms in total. The number of unbranched alkanes of at least 4 members (excludes halogenated alkanes) is 1. The Balaban J connectivity index is 1.21. The molecule has 8 amide bonds. The topological polar surface area (TPSA) is 434 Å². The Morgan fingerprint density at radius 1 is 0.477 bits per heavy atom. The highest BCUT2D eigenvalue weighted by molar-refractivity contribution is 5.99. The van der Waals surface area contributed by atoms with Gasteiger partial charge in [-0.3, -0.25) is 43.3 Å². The third-order valence-corrected chi connectivity index (χ3v) is 15.2. The van der Waals surface area contributed by atoms with Crippen molar-refractivity contribution in [2.75, 3.05) is 19.6 Å². The van der Waals surface area contributed by atoms with Crippen molar-refractivity contribution < 1.29 is 48.3 Å². The second-order valence-electron chi connectivity index (χ2n) is 23.1. The monoisotopic (exact) mass is 1210 g/mol. The molecule has 3 aromatic heterocycles. The van der Waals surface area contributed by atoms with Gasteiger partial charge in [0.1, 0.15) is 42.3 Å². The molecule has 20 N–H and O–H groups in total. The molecule has 0 saturated heterocycles. The first-order valence-corrected chi connectivity index (χ1v) is 29.7. The van der Waals surface area contributed by atoms with Crippen LogP contribution in [0.3, 0.4) is 0 Å². The first-order chi connectivity index (χ1) is 41.9. The maximum atomic E-state index is 14.9. The van der Waals surface area contributed by atoms with Crippen LogP contribution in [0.4, 0.5) is 0 Å². The van der Waals surface area contributed by atoms with Crippen LogP contribution in [0, 0.1) is 17.8 Å². The fraction of sp³-hybridized carbons (Fsp3) is 0.452. The first-order valence-electron chi connectivity index (χ1n) is 29.7. The molecule has 88 heavy (non-hydrogen) atoms. The number of carboxylic acids is 1. The van der Waals surface area contributed by atoms with Gasteiger partial charge in [-0.2, -0.15) is 0 Å². The SMILES string of the molecule is CC(C)[C@H](NC(=O)[C@H](Cc1c[nH]c2ccccc12)NC(=O)CNC(=O)[C@@H](N)CCCN=C(N)N)C(=O)N[C@@H](Cc1c[nH]c2ccccc12)C(=O)N[C@H](C(=O)N[C@H](C(=O)N[C@@H](Cc1c[nH]c2ccccc12)C(=O)N[C@@H](CCCCN)C(=O)O)C(C)C)C(C)C. The molecule has 3 aromatic carbocycles. The number of hydrogen-bond donors (Lipinski definition) is 16. The molecule has 0 unspecified atom stereocenters. The Bertz CT molecular complexity index is 3420. The maximum absolute atomic E-state index is 14.9. The van der Waals surface area contributed by atoms with Gasteiger partial charge in [-0.25, -0.2) is 4.79 Å². The van der Waals surface area contributed by atoms with Crippen molar-refractivity contribution in [3.8, 4) is 0 Å². The lowest BCUT2D eigenvalue weighted by Gasteiger charge is -2.30. The number of amides is 8. The average Bonchev–Trinajstić information content (AvgIpc) is 2.67. The second-order valence-corrected chi connectivity index (χ2v) is 23.1. The number of fused-ring (bicyclic) bond motifs is 3. The van der Waals surface area contributed by atoms with Gasteiger partial charge in [-0.05, 0) is 91.3 Å². The highest BCUT2D eigenvalue weighted by Gasteiger charge is 2.37. The Hall–Kier alpha value is -9.30. The molecule has 474 valence electrons. The minimum absolute atomic E-state index is 0.0417. The van der Waals surface area contributed by atoms with Gasteiger partial charge in [-0.15, -0.1) is 0 Å². The smallest absolute Gasteiger partial charge is 0.326 e. The molecule has 6 aromatic rings. The number of aromatic nitrogens is 3. The molecule has 8 atom stereocenters. The van der Waals surface area contributed by atoms with Crippen LogP contribution in [0.1, 0.15) is 90.3 Å². The van der Waals surface area contributed by atoms with Crippen LogP contribution in [-0.2, 0) is 62.4 Å². The van der Waals surface area contributed by atoms with Crippen LogP contribution in [0.5, 0.6) is 0 Å². The first kappa shape index (κ1) is 67.8. The molecule has 0 aliphatic carbocycles. The Labute approximate surface area is 510 Å². The molecule has 3 heterocycles. The Kier molecular flexibility index (Phi) is 25.0. The van der Waals surface area contributed by atoms with Gasteiger partial charge in [0.05, 0.1) is 12.6 Å². The Morgan fingerprint density at radius 3 is 1.25 bits per heavy atom. The summed E-state index contributed by atoms with van der Waals surface area (Å²) >= 11 is 0. The van der Waals surface area contributed by atoms with Crippen molar-refractivity contribution >= 4 is 91.9 Å².